The van der Waals surface area contributed by atoms with E-state index in [4.69, 9.17) is 0 Å². The standard InChI is InChI=1S/C13H17N/c1-13(2)11-7-14-8-12(13)10-6-4-3-5-9(10)11/h3-6,11-12,14H,7-8H2,1-2H3/t11-,12-/m0/s1. The van der Waals surface area contributed by atoms with Crippen LogP contribution in [0, 0.1) is 5.41 Å². The average Bonchev–Trinajstić information content (AvgIpc) is 2.35. The first-order valence-electron chi connectivity index (χ1n) is 5.51. The van der Waals surface area contributed by atoms with Crippen LogP contribution >= 0.6 is 0 Å². The van der Waals surface area contributed by atoms with Crippen molar-refractivity contribution in [1.82, 2.24) is 5.32 Å². The van der Waals surface area contributed by atoms with Gasteiger partial charge in [-0.05, 0) is 16.5 Å². The van der Waals surface area contributed by atoms with Gasteiger partial charge in [-0.1, -0.05) is 38.1 Å². The van der Waals surface area contributed by atoms with Crippen LogP contribution in [0.3, 0.4) is 0 Å². The molecule has 0 radical (unpaired) electrons. The highest BCUT2D eigenvalue weighted by atomic mass is 14.9. The van der Waals surface area contributed by atoms with Gasteiger partial charge < -0.3 is 5.32 Å². The molecule has 3 rings (SSSR count). The fourth-order valence-corrected chi connectivity index (χ4v) is 3.31. The molecule has 2 aliphatic rings. The number of hydrogen-bond donors (Lipinski definition) is 1. The van der Waals surface area contributed by atoms with Gasteiger partial charge in [-0.25, -0.2) is 0 Å². The van der Waals surface area contributed by atoms with E-state index in [0.29, 0.717) is 5.41 Å². The second-order valence-corrected chi connectivity index (χ2v) is 5.21. The molecule has 14 heavy (non-hydrogen) atoms. The Bertz CT molecular complexity index is 334. The Kier molecular flexibility index (Phi) is 1.58. The van der Waals surface area contributed by atoms with Gasteiger partial charge in [-0.2, -0.15) is 0 Å². The Labute approximate surface area is 85.5 Å². The molecule has 1 aliphatic heterocycles. The summed E-state index contributed by atoms with van der Waals surface area (Å²) in [5.41, 5.74) is 3.63. The second-order valence-electron chi connectivity index (χ2n) is 5.21. The van der Waals surface area contributed by atoms with E-state index < -0.39 is 0 Å². The molecule has 0 saturated carbocycles. The summed E-state index contributed by atoms with van der Waals surface area (Å²) in [5.74, 6) is 1.44. The molecule has 0 unspecified atom stereocenters. The van der Waals surface area contributed by atoms with Crippen molar-refractivity contribution >= 4 is 0 Å². The minimum absolute atomic E-state index is 0.453. The van der Waals surface area contributed by atoms with E-state index in [1.54, 1.807) is 11.1 Å². The number of piperidine rings is 1. The SMILES string of the molecule is CC1(C)[C@H]2CNC[C@H]1c1ccccc12. The molecule has 0 spiro atoms. The Balaban J connectivity index is 2.21. The lowest BCUT2D eigenvalue weighted by molar-refractivity contribution is 0.205. The van der Waals surface area contributed by atoms with Crippen LogP contribution in [-0.4, -0.2) is 13.1 Å². The van der Waals surface area contributed by atoms with Gasteiger partial charge in [0, 0.05) is 24.9 Å². The van der Waals surface area contributed by atoms with E-state index in [-0.39, 0.29) is 0 Å². The molecule has 1 aliphatic carbocycles. The molecule has 2 bridgehead atoms. The fourth-order valence-electron chi connectivity index (χ4n) is 3.31. The zero-order chi connectivity index (χ0) is 9.76. The van der Waals surface area contributed by atoms with Gasteiger partial charge in [-0.3, -0.25) is 0 Å². The maximum absolute atomic E-state index is 3.55. The summed E-state index contributed by atoms with van der Waals surface area (Å²) in [6, 6.07) is 8.98. The van der Waals surface area contributed by atoms with Crippen LogP contribution in [0.15, 0.2) is 24.3 Å². The summed E-state index contributed by atoms with van der Waals surface area (Å²) < 4.78 is 0. The van der Waals surface area contributed by atoms with E-state index in [1.165, 1.54) is 0 Å². The van der Waals surface area contributed by atoms with Crippen molar-refractivity contribution in [2.45, 2.75) is 25.7 Å². The quantitative estimate of drug-likeness (QED) is 0.658. The van der Waals surface area contributed by atoms with E-state index >= 15 is 0 Å². The highest BCUT2D eigenvalue weighted by Crippen LogP contribution is 2.56. The third kappa shape index (κ3) is 0.885. The van der Waals surface area contributed by atoms with E-state index in [1.807, 2.05) is 0 Å². The highest BCUT2D eigenvalue weighted by molar-refractivity contribution is 5.43. The zero-order valence-electron chi connectivity index (χ0n) is 8.88. The normalized spacial score (nSPS) is 32.7. The molecular weight excluding hydrogens is 170 g/mol. The fraction of sp³-hybridized carbons (Fsp3) is 0.538. The molecule has 74 valence electrons. The van der Waals surface area contributed by atoms with Gasteiger partial charge in [0.1, 0.15) is 0 Å². The molecule has 1 N–H and O–H groups in total. The Morgan fingerprint density at radius 2 is 1.57 bits per heavy atom. The first-order valence-corrected chi connectivity index (χ1v) is 5.51. The van der Waals surface area contributed by atoms with Crippen LogP contribution in [0.25, 0.3) is 0 Å². The van der Waals surface area contributed by atoms with Crippen LogP contribution in [0.1, 0.15) is 36.8 Å². The summed E-state index contributed by atoms with van der Waals surface area (Å²) >= 11 is 0. The van der Waals surface area contributed by atoms with E-state index in [2.05, 4.69) is 43.4 Å². The number of nitrogens with one attached hydrogen (secondary N) is 1. The van der Waals surface area contributed by atoms with Gasteiger partial charge >= 0.3 is 0 Å². The Morgan fingerprint density at radius 1 is 1.07 bits per heavy atom. The number of rotatable bonds is 0. The Hall–Kier alpha value is -0.820. The van der Waals surface area contributed by atoms with Crippen LogP contribution in [0.4, 0.5) is 0 Å². The number of benzene rings is 1. The Morgan fingerprint density at radius 3 is 2.07 bits per heavy atom. The van der Waals surface area contributed by atoms with Crippen LogP contribution in [0.5, 0.6) is 0 Å². The average molecular weight is 187 g/mol. The van der Waals surface area contributed by atoms with Crippen molar-refractivity contribution in [3.63, 3.8) is 0 Å². The zero-order valence-corrected chi connectivity index (χ0v) is 8.88. The predicted octanol–water partition coefficient (Wildman–Crippen LogP) is 2.50. The molecule has 2 atom stereocenters. The molecule has 1 aromatic carbocycles. The predicted molar refractivity (Wildman–Crippen MR) is 58.6 cm³/mol. The first-order chi connectivity index (χ1) is 6.71. The van der Waals surface area contributed by atoms with Crippen molar-refractivity contribution < 1.29 is 0 Å². The minimum Gasteiger partial charge on any atom is -0.315 e. The van der Waals surface area contributed by atoms with Gasteiger partial charge in [0.15, 0.2) is 0 Å². The highest BCUT2D eigenvalue weighted by Gasteiger charge is 2.48. The molecule has 1 fully saturated rings. The summed E-state index contributed by atoms with van der Waals surface area (Å²) in [6.45, 7) is 7.15. The van der Waals surface area contributed by atoms with Crippen molar-refractivity contribution in [2.75, 3.05) is 13.1 Å². The lowest BCUT2D eigenvalue weighted by Crippen LogP contribution is -2.41. The van der Waals surface area contributed by atoms with Crippen LogP contribution in [0.2, 0.25) is 0 Å². The van der Waals surface area contributed by atoms with Crippen molar-refractivity contribution in [3.8, 4) is 0 Å². The van der Waals surface area contributed by atoms with E-state index in [0.717, 1.165) is 24.9 Å². The molecule has 1 heterocycles. The topological polar surface area (TPSA) is 12.0 Å². The largest absolute Gasteiger partial charge is 0.315 e. The van der Waals surface area contributed by atoms with Gasteiger partial charge in [-0.15, -0.1) is 0 Å². The van der Waals surface area contributed by atoms with Crippen molar-refractivity contribution in [2.24, 2.45) is 5.41 Å². The van der Waals surface area contributed by atoms with Crippen molar-refractivity contribution in [3.05, 3.63) is 35.4 Å². The minimum atomic E-state index is 0.453. The summed E-state index contributed by atoms with van der Waals surface area (Å²) in [6.07, 6.45) is 0. The summed E-state index contributed by atoms with van der Waals surface area (Å²) in [7, 11) is 0. The maximum atomic E-state index is 3.55. The third-order valence-electron chi connectivity index (χ3n) is 4.24. The second kappa shape index (κ2) is 2.60. The van der Waals surface area contributed by atoms with E-state index in [9.17, 15) is 0 Å². The summed E-state index contributed by atoms with van der Waals surface area (Å²) in [4.78, 5) is 0. The molecule has 1 heteroatoms. The smallest absolute Gasteiger partial charge is 0.00258 e. The van der Waals surface area contributed by atoms with Gasteiger partial charge in [0.25, 0.3) is 0 Å². The van der Waals surface area contributed by atoms with Gasteiger partial charge in [0.2, 0.25) is 0 Å². The molecule has 0 aromatic heterocycles. The maximum Gasteiger partial charge on any atom is 0.00258 e. The molecule has 1 saturated heterocycles. The monoisotopic (exact) mass is 187 g/mol. The molecule has 1 aromatic rings. The van der Waals surface area contributed by atoms with Crippen LogP contribution in [-0.2, 0) is 0 Å². The lowest BCUT2D eigenvalue weighted by atomic mass is 9.71. The summed E-state index contributed by atoms with van der Waals surface area (Å²) in [5, 5.41) is 3.55. The molecular formula is C13H17N. The number of hydrogen-bond acceptors (Lipinski definition) is 1. The van der Waals surface area contributed by atoms with Gasteiger partial charge in [0.05, 0.1) is 0 Å². The molecule has 1 nitrogen and oxygen atoms in total. The third-order valence-corrected chi connectivity index (χ3v) is 4.24. The lowest BCUT2D eigenvalue weighted by Gasteiger charge is -2.38. The van der Waals surface area contributed by atoms with Crippen molar-refractivity contribution in [1.29, 1.82) is 0 Å². The number of fused-ring (bicyclic) bond motifs is 5. The molecule has 0 amide bonds. The first kappa shape index (κ1) is 8.49. The van der Waals surface area contributed by atoms with Crippen LogP contribution < -0.4 is 5.32 Å².